The Bertz CT molecular complexity index is 995. The summed E-state index contributed by atoms with van der Waals surface area (Å²) in [5.41, 5.74) is 3.12. The normalized spacial score (nSPS) is 15.7. The molecule has 5 nitrogen and oxygen atoms in total. The molecule has 3 aromatic carbocycles. The highest BCUT2D eigenvalue weighted by molar-refractivity contribution is 5.98. The van der Waals surface area contributed by atoms with Gasteiger partial charge in [0.2, 0.25) is 0 Å². The minimum atomic E-state index is -0.0247. The number of nitrogens with one attached hydrogen (secondary N) is 2. The number of ether oxygens (including phenoxy) is 1. The third-order valence-electron chi connectivity index (χ3n) is 5.92. The van der Waals surface area contributed by atoms with Gasteiger partial charge in [-0.2, -0.15) is 0 Å². The molecule has 1 aliphatic rings. The Hall–Kier alpha value is -2.89. The average Bonchev–Trinajstić information content (AvgIpc) is 2.79. The molecule has 156 valence electrons. The van der Waals surface area contributed by atoms with E-state index in [1.807, 2.05) is 50.5 Å². The molecule has 1 atom stereocenters. The zero-order valence-corrected chi connectivity index (χ0v) is 17.7. The van der Waals surface area contributed by atoms with Gasteiger partial charge in [-0.15, -0.1) is 0 Å². The number of carbonyl (C=O) groups excluding carboxylic acids is 1. The predicted octanol–water partition coefficient (Wildman–Crippen LogP) is 2.29. The minimum absolute atomic E-state index is 0.0247. The van der Waals surface area contributed by atoms with Gasteiger partial charge in [0, 0.05) is 30.9 Å². The summed E-state index contributed by atoms with van der Waals surface area (Å²) in [6, 6.07) is 22.9. The van der Waals surface area contributed by atoms with Crippen molar-refractivity contribution in [3.8, 4) is 0 Å². The van der Waals surface area contributed by atoms with Gasteiger partial charge in [0.1, 0.15) is 19.1 Å². The molecule has 4 rings (SSSR count). The number of rotatable bonds is 6. The average molecular weight is 405 g/mol. The summed E-state index contributed by atoms with van der Waals surface area (Å²) in [6.07, 6.45) is 0. The molecule has 5 heteroatoms. The van der Waals surface area contributed by atoms with E-state index in [9.17, 15) is 4.79 Å². The van der Waals surface area contributed by atoms with Crippen molar-refractivity contribution in [1.29, 1.82) is 0 Å². The number of carbonyl (C=O) groups is 1. The van der Waals surface area contributed by atoms with Crippen LogP contribution in [-0.4, -0.2) is 52.9 Å². The lowest BCUT2D eigenvalue weighted by Gasteiger charge is -2.32. The fourth-order valence-corrected chi connectivity index (χ4v) is 4.11. The maximum atomic E-state index is 12.9. The summed E-state index contributed by atoms with van der Waals surface area (Å²) in [5.74, 6) is -0.0247. The zero-order valence-electron chi connectivity index (χ0n) is 17.7. The Morgan fingerprint density at radius 2 is 1.70 bits per heavy atom. The van der Waals surface area contributed by atoms with Gasteiger partial charge in [-0.05, 0) is 35.0 Å². The number of morpholine rings is 1. The van der Waals surface area contributed by atoms with Crippen LogP contribution in [0.4, 0.5) is 5.69 Å². The van der Waals surface area contributed by atoms with Crippen LogP contribution in [0.25, 0.3) is 10.8 Å². The molecule has 2 N–H and O–H groups in total. The lowest BCUT2D eigenvalue weighted by molar-refractivity contribution is -0.937. The van der Waals surface area contributed by atoms with Gasteiger partial charge in [-0.1, -0.05) is 42.5 Å². The molecule has 1 heterocycles. The quantitative estimate of drug-likeness (QED) is 0.663. The summed E-state index contributed by atoms with van der Waals surface area (Å²) >= 11 is 0. The second kappa shape index (κ2) is 9.28. The third kappa shape index (κ3) is 4.64. The summed E-state index contributed by atoms with van der Waals surface area (Å²) in [5, 5.41) is 5.41. The molecule has 1 amide bonds. The summed E-state index contributed by atoms with van der Waals surface area (Å²) in [7, 11) is 4.09. The van der Waals surface area contributed by atoms with E-state index in [1.165, 1.54) is 16.2 Å². The number of benzene rings is 3. The van der Waals surface area contributed by atoms with Crippen molar-refractivity contribution in [2.24, 2.45) is 0 Å². The van der Waals surface area contributed by atoms with E-state index in [0.29, 0.717) is 12.1 Å². The topological polar surface area (TPSA) is 46.0 Å². The van der Waals surface area contributed by atoms with Gasteiger partial charge in [0.05, 0.1) is 19.8 Å². The molecule has 0 unspecified atom stereocenters. The van der Waals surface area contributed by atoms with Crippen molar-refractivity contribution in [3.05, 3.63) is 77.9 Å². The fourth-order valence-electron chi connectivity index (χ4n) is 4.11. The molecule has 1 aliphatic heterocycles. The van der Waals surface area contributed by atoms with Crippen molar-refractivity contribution in [2.75, 3.05) is 51.8 Å². The number of amides is 1. The smallest absolute Gasteiger partial charge is 0.251 e. The largest absolute Gasteiger partial charge is 0.378 e. The van der Waals surface area contributed by atoms with Crippen molar-refractivity contribution >= 4 is 22.4 Å². The molecule has 0 aromatic heterocycles. The SMILES string of the molecule is CN(C)c1ccc([C@H](CNC(=O)c2ccc3ccccc3c2)[NH+]2CCOCC2)cc1. The maximum absolute atomic E-state index is 12.9. The van der Waals surface area contributed by atoms with Gasteiger partial charge >= 0.3 is 0 Å². The maximum Gasteiger partial charge on any atom is 0.251 e. The first kappa shape index (κ1) is 20.4. The summed E-state index contributed by atoms with van der Waals surface area (Å²) in [4.78, 5) is 16.5. The lowest BCUT2D eigenvalue weighted by Crippen LogP contribution is -3.15. The van der Waals surface area contributed by atoms with Crippen LogP contribution in [0.3, 0.4) is 0 Å². The number of hydrogen-bond acceptors (Lipinski definition) is 3. The van der Waals surface area contributed by atoms with Crippen LogP contribution in [0, 0.1) is 0 Å². The highest BCUT2D eigenvalue weighted by Gasteiger charge is 2.27. The van der Waals surface area contributed by atoms with Gasteiger partial charge < -0.3 is 19.9 Å². The number of anilines is 1. The number of hydrogen-bond donors (Lipinski definition) is 2. The van der Waals surface area contributed by atoms with E-state index < -0.39 is 0 Å². The first-order chi connectivity index (χ1) is 14.6. The molecule has 0 saturated carbocycles. The lowest BCUT2D eigenvalue weighted by atomic mass is 10.0. The van der Waals surface area contributed by atoms with E-state index in [1.54, 1.807) is 0 Å². The molecule has 1 saturated heterocycles. The van der Waals surface area contributed by atoms with Crippen LogP contribution >= 0.6 is 0 Å². The van der Waals surface area contributed by atoms with Gasteiger partial charge in [0.15, 0.2) is 0 Å². The highest BCUT2D eigenvalue weighted by atomic mass is 16.5. The van der Waals surface area contributed by atoms with Crippen molar-refractivity contribution in [1.82, 2.24) is 5.32 Å². The number of fused-ring (bicyclic) bond motifs is 1. The van der Waals surface area contributed by atoms with E-state index in [0.717, 1.165) is 37.1 Å². The first-order valence-electron chi connectivity index (χ1n) is 10.6. The fraction of sp³-hybridized carbons (Fsp3) is 0.320. The zero-order chi connectivity index (χ0) is 20.9. The van der Waals surface area contributed by atoms with Crippen LogP contribution in [0.5, 0.6) is 0 Å². The van der Waals surface area contributed by atoms with E-state index in [4.69, 9.17) is 4.74 Å². The molecule has 0 spiro atoms. The van der Waals surface area contributed by atoms with Gasteiger partial charge in [0.25, 0.3) is 5.91 Å². The van der Waals surface area contributed by atoms with E-state index in [2.05, 4.69) is 40.5 Å². The van der Waals surface area contributed by atoms with E-state index in [-0.39, 0.29) is 11.9 Å². The molecule has 0 bridgehead atoms. The number of quaternary nitrogens is 1. The third-order valence-corrected chi connectivity index (χ3v) is 5.92. The van der Waals surface area contributed by atoms with Gasteiger partial charge in [-0.3, -0.25) is 4.79 Å². The molecule has 30 heavy (non-hydrogen) atoms. The van der Waals surface area contributed by atoms with Crippen molar-refractivity contribution < 1.29 is 14.4 Å². The first-order valence-corrected chi connectivity index (χ1v) is 10.6. The molecular formula is C25H30N3O2+. The summed E-state index contributed by atoms with van der Waals surface area (Å²) < 4.78 is 5.56. The monoisotopic (exact) mass is 404 g/mol. The Labute approximate surface area is 178 Å². The van der Waals surface area contributed by atoms with Crippen LogP contribution in [0.2, 0.25) is 0 Å². The van der Waals surface area contributed by atoms with Crippen LogP contribution in [0.15, 0.2) is 66.7 Å². The Kier molecular flexibility index (Phi) is 6.31. The standard InChI is InChI=1S/C25H29N3O2/c1-27(2)23-11-9-20(10-12-23)24(28-13-15-30-16-14-28)18-26-25(29)22-8-7-19-5-3-4-6-21(19)17-22/h3-12,17,24H,13-16,18H2,1-2H3,(H,26,29)/p+1/t24-/m0/s1. The second-order valence-electron chi connectivity index (χ2n) is 8.08. The molecule has 3 aromatic rings. The predicted molar refractivity (Wildman–Crippen MR) is 121 cm³/mol. The molecule has 0 aliphatic carbocycles. The van der Waals surface area contributed by atoms with Crippen LogP contribution < -0.4 is 15.1 Å². The van der Waals surface area contributed by atoms with Gasteiger partial charge in [-0.25, -0.2) is 0 Å². The second-order valence-corrected chi connectivity index (χ2v) is 8.08. The Morgan fingerprint density at radius 1 is 1.00 bits per heavy atom. The van der Waals surface area contributed by atoms with E-state index >= 15 is 0 Å². The van der Waals surface area contributed by atoms with Crippen molar-refractivity contribution in [3.63, 3.8) is 0 Å². The minimum Gasteiger partial charge on any atom is -0.378 e. The highest BCUT2D eigenvalue weighted by Crippen LogP contribution is 2.18. The Morgan fingerprint density at radius 3 is 2.40 bits per heavy atom. The molecule has 1 fully saturated rings. The number of nitrogens with zero attached hydrogens (tertiary/aromatic N) is 1. The molecule has 0 radical (unpaired) electrons. The Balaban J connectivity index is 1.51. The molecular weight excluding hydrogens is 374 g/mol. The summed E-state index contributed by atoms with van der Waals surface area (Å²) in [6.45, 7) is 4.03. The van der Waals surface area contributed by atoms with Crippen LogP contribution in [0.1, 0.15) is 22.0 Å². The van der Waals surface area contributed by atoms with Crippen molar-refractivity contribution in [2.45, 2.75) is 6.04 Å². The van der Waals surface area contributed by atoms with Crippen LogP contribution in [-0.2, 0) is 4.74 Å².